The summed E-state index contributed by atoms with van der Waals surface area (Å²) >= 11 is 0. The van der Waals surface area contributed by atoms with Gasteiger partial charge in [0.1, 0.15) is 0 Å². The van der Waals surface area contributed by atoms with Crippen LogP contribution in [-0.2, 0) is 20.0 Å². The van der Waals surface area contributed by atoms with Gasteiger partial charge < -0.3 is 9.88 Å². The van der Waals surface area contributed by atoms with Crippen LogP contribution in [0.25, 0.3) is 10.9 Å². The van der Waals surface area contributed by atoms with Gasteiger partial charge >= 0.3 is 0 Å². The second-order valence-electron chi connectivity index (χ2n) is 4.99. The van der Waals surface area contributed by atoms with E-state index >= 15 is 0 Å². The summed E-state index contributed by atoms with van der Waals surface area (Å²) in [6, 6.07) is 7.36. The molecule has 1 N–H and O–H groups in total. The van der Waals surface area contributed by atoms with E-state index in [1.54, 1.807) is 0 Å². The van der Waals surface area contributed by atoms with E-state index < -0.39 is 0 Å². The Kier molecular flexibility index (Phi) is 2.08. The number of aryl methyl sites for hydroxylation is 2. The van der Waals surface area contributed by atoms with E-state index in [-0.39, 0.29) is 0 Å². The first-order chi connectivity index (χ1) is 7.66. The zero-order valence-electron chi connectivity index (χ0n) is 10.2. The molecule has 2 aromatic rings. The van der Waals surface area contributed by atoms with Crippen LogP contribution in [0.1, 0.15) is 23.7 Å². The molecule has 0 bridgehead atoms. The molecule has 0 saturated carbocycles. The molecule has 1 atom stereocenters. The monoisotopic (exact) mass is 214 g/mol. The van der Waals surface area contributed by atoms with Crippen molar-refractivity contribution in [2.75, 3.05) is 0 Å². The molecule has 0 saturated heterocycles. The van der Waals surface area contributed by atoms with Crippen molar-refractivity contribution < 1.29 is 0 Å². The fourth-order valence-electron chi connectivity index (χ4n) is 2.77. The molecule has 0 amide bonds. The Hall–Kier alpha value is -1.28. The van der Waals surface area contributed by atoms with E-state index in [1.165, 1.54) is 27.7 Å². The minimum atomic E-state index is 0.594. The molecule has 1 unspecified atom stereocenters. The lowest BCUT2D eigenvalue weighted by molar-refractivity contribution is 0.501. The van der Waals surface area contributed by atoms with Gasteiger partial charge in [0.05, 0.1) is 0 Å². The highest BCUT2D eigenvalue weighted by Gasteiger charge is 2.21. The maximum atomic E-state index is 3.54. The van der Waals surface area contributed by atoms with Crippen molar-refractivity contribution in [1.82, 2.24) is 9.88 Å². The third-order valence-electron chi connectivity index (χ3n) is 3.72. The molecule has 0 fully saturated rings. The first-order valence-corrected chi connectivity index (χ1v) is 5.97. The van der Waals surface area contributed by atoms with Crippen molar-refractivity contribution in [3.05, 3.63) is 35.0 Å². The van der Waals surface area contributed by atoms with Gasteiger partial charge in [0.15, 0.2) is 0 Å². The van der Waals surface area contributed by atoms with Crippen LogP contribution in [0.15, 0.2) is 18.2 Å². The molecule has 3 rings (SSSR count). The average molecular weight is 214 g/mol. The van der Waals surface area contributed by atoms with Crippen LogP contribution < -0.4 is 5.32 Å². The molecule has 2 nitrogen and oxygen atoms in total. The number of aromatic nitrogens is 1. The predicted octanol–water partition coefficient (Wildman–Crippen LogP) is 2.52. The van der Waals surface area contributed by atoms with Crippen molar-refractivity contribution >= 4 is 10.9 Å². The summed E-state index contributed by atoms with van der Waals surface area (Å²) in [6.07, 6.45) is 1.14. The van der Waals surface area contributed by atoms with E-state index in [2.05, 4.69) is 49.0 Å². The van der Waals surface area contributed by atoms with Crippen LogP contribution in [0.5, 0.6) is 0 Å². The third-order valence-corrected chi connectivity index (χ3v) is 3.72. The van der Waals surface area contributed by atoms with Gasteiger partial charge in [0.25, 0.3) is 0 Å². The maximum Gasteiger partial charge on any atom is 0.0485 e. The third kappa shape index (κ3) is 1.30. The van der Waals surface area contributed by atoms with Crippen molar-refractivity contribution in [3.63, 3.8) is 0 Å². The van der Waals surface area contributed by atoms with E-state index in [4.69, 9.17) is 0 Å². The van der Waals surface area contributed by atoms with E-state index in [0.717, 1.165) is 13.0 Å². The van der Waals surface area contributed by atoms with Crippen molar-refractivity contribution in [3.8, 4) is 0 Å². The number of benzene rings is 1. The Morgan fingerprint density at radius 2 is 2.19 bits per heavy atom. The molecule has 0 aliphatic carbocycles. The topological polar surface area (TPSA) is 17.0 Å². The number of rotatable bonds is 0. The molecule has 0 radical (unpaired) electrons. The lowest BCUT2D eigenvalue weighted by Crippen LogP contribution is -2.33. The molecule has 1 aromatic carbocycles. The zero-order chi connectivity index (χ0) is 11.3. The predicted molar refractivity (Wildman–Crippen MR) is 67.7 cm³/mol. The fraction of sp³-hybridized carbons (Fsp3) is 0.429. The molecule has 84 valence electrons. The van der Waals surface area contributed by atoms with Gasteiger partial charge in [-0.1, -0.05) is 12.1 Å². The highest BCUT2D eigenvalue weighted by atomic mass is 15.0. The Bertz CT molecular complexity index is 551. The Morgan fingerprint density at radius 1 is 1.38 bits per heavy atom. The van der Waals surface area contributed by atoms with Crippen LogP contribution in [0.4, 0.5) is 0 Å². The summed E-state index contributed by atoms with van der Waals surface area (Å²) in [5, 5.41) is 4.96. The van der Waals surface area contributed by atoms with Crippen molar-refractivity contribution in [1.29, 1.82) is 0 Å². The zero-order valence-corrected chi connectivity index (χ0v) is 10.2. The molecule has 1 aliphatic heterocycles. The molecule has 2 heterocycles. The summed E-state index contributed by atoms with van der Waals surface area (Å²) in [7, 11) is 2.19. The summed E-state index contributed by atoms with van der Waals surface area (Å²) in [5.41, 5.74) is 5.72. The second kappa shape index (κ2) is 3.36. The van der Waals surface area contributed by atoms with Crippen LogP contribution in [-0.4, -0.2) is 10.6 Å². The van der Waals surface area contributed by atoms with Crippen molar-refractivity contribution in [2.45, 2.75) is 32.9 Å². The highest BCUT2D eigenvalue weighted by molar-refractivity contribution is 5.86. The Balaban J connectivity index is 2.31. The molecule has 0 spiro atoms. The fourth-order valence-corrected chi connectivity index (χ4v) is 2.77. The Labute approximate surface area is 96.3 Å². The molecule has 16 heavy (non-hydrogen) atoms. The van der Waals surface area contributed by atoms with Crippen LogP contribution >= 0.6 is 0 Å². The summed E-state index contributed by atoms with van der Waals surface area (Å²) in [4.78, 5) is 0. The smallest absolute Gasteiger partial charge is 0.0485 e. The number of hydrogen-bond acceptors (Lipinski definition) is 1. The minimum absolute atomic E-state index is 0.594. The molecule has 1 aromatic heterocycles. The first-order valence-electron chi connectivity index (χ1n) is 5.97. The molecule has 2 heteroatoms. The van der Waals surface area contributed by atoms with E-state index in [9.17, 15) is 0 Å². The van der Waals surface area contributed by atoms with Crippen LogP contribution in [0.2, 0.25) is 0 Å². The van der Waals surface area contributed by atoms with E-state index in [0.29, 0.717) is 6.04 Å². The Morgan fingerprint density at radius 3 is 3.00 bits per heavy atom. The normalized spacial score (nSPS) is 20.1. The number of hydrogen-bond donors (Lipinski definition) is 1. The number of nitrogens with one attached hydrogen (secondary N) is 1. The summed E-state index contributed by atoms with van der Waals surface area (Å²) in [6.45, 7) is 5.43. The van der Waals surface area contributed by atoms with E-state index in [1.807, 2.05) is 0 Å². The molecular formula is C14H18N2. The van der Waals surface area contributed by atoms with Crippen LogP contribution in [0, 0.1) is 6.92 Å². The van der Waals surface area contributed by atoms with Gasteiger partial charge in [0.2, 0.25) is 0 Å². The lowest BCUT2D eigenvalue weighted by atomic mass is 10.0. The first kappa shape index (κ1) is 9.91. The quantitative estimate of drug-likeness (QED) is 0.713. The number of fused-ring (bicyclic) bond motifs is 3. The summed E-state index contributed by atoms with van der Waals surface area (Å²) < 4.78 is 2.37. The maximum absolute atomic E-state index is 3.54. The molecular weight excluding hydrogens is 196 g/mol. The standard InChI is InChI=1S/C14H18N2/c1-9-4-5-11-12-8-15-10(2)7-14(12)16(3)13(11)6-9/h4-6,10,15H,7-8H2,1-3H3. The van der Waals surface area contributed by atoms with Gasteiger partial charge in [-0.3, -0.25) is 0 Å². The largest absolute Gasteiger partial charge is 0.347 e. The van der Waals surface area contributed by atoms with Crippen LogP contribution in [0.3, 0.4) is 0 Å². The van der Waals surface area contributed by atoms with Gasteiger partial charge in [-0.2, -0.15) is 0 Å². The number of nitrogens with zero attached hydrogens (tertiary/aromatic N) is 1. The van der Waals surface area contributed by atoms with Gasteiger partial charge in [-0.25, -0.2) is 0 Å². The highest BCUT2D eigenvalue weighted by Crippen LogP contribution is 2.29. The van der Waals surface area contributed by atoms with Gasteiger partial charge in [-0.05, 0) is 31.0 Å². The second-order valence-corrected chi connectivity index (χ2v) is 4.99. The minimum Gasteiger partial charge on any atom is -0.347 e. The lowest BCUT2D eigenvalue weighted by Gasteiger charge is -2.21. The summed E-state index contributed by atoms with van der Waals surface area (Å²) in [5.74, 6) is 0. The average Bonchev–Trinajstić information content (AvgIpc) is 2.53. The SMILES string of the molecule is Cc1ccc2c3c(n(C)c2c1)CC(C)NC3. The van der Waals surface area contributed by atoms with Gasteiger partial charge in [-0.15, -0.1) is 0 Å². The van der Waals surface area contributed by atoms with Crippen molar-refractivity contribution in [2.24, 2.45) is 7.05 Å². The molecule has 1 aliphatic rings. The van der Waals surface area contributed by atoms with Gasteiger partial charge in [0, 0.05) is 42.7 Å².